The summed E-state index contributed by atoms with van der Waals surface area (Å²) in [6.07, 6.45) is 2.07. The van der Waals surface area contributed by atoms with Crippen molar-refractivity contribution < 1.29 is 19.4 Å². The monoisotopic (exact) mass is 270 g/mol. The van der Waals surface area contributed by atoms with Crippen molar-refractivity contribution >= 4 is 17.3 Å². The van der Waals surface area contributed by atoms with E-state index in [1.807, 2.05) is 25.3 Å². The first-order valence-corrected chi connectivity index (χ1v) is 6.92. The van der Waals surface area contributed by atoms with Crippen LogP contribution in [0, 0.1) is 0 Å². The van der Waals surface area contributed by atoms with E-state index in [2.05, 4.69) is 0 Å². The van der Waals surface area contributed by atoms with E-state index in [4.69, 9.17) is 14.6 Å². The predicted molar refractivity (Wildman–Crippen MR) is 68.9 cm³/mol. The summed E-state index contributed by atoms with van der Waals surface area (Å²) in [7, 11) is 0. The van der Waals surface area contributed by atoms with Crippen LogP contribution in [0.1, 0.15) is 30.7 Å². The van der Waals surface area contributed by atoms with Crippen LogP contribution in [-0.4, -0.2) is 29.6 Å². The lowest BCUT2D eigenvalue weighted by molar-refractivity contribution is -0.139. The smallest absolute Gasteiger partial charge is 0.308 e. The molecular weight excluding hydrogens is 252 g/mol. The third-order valence-corrected chi connectivity index (χ3v) is 3.84. The Kier molecular flexibility index (Phi) is 4.04. The van der Waals surface area contributed by atoms with E-state index in [0.717, 1.165) is 17.7 Å². The van der Waals surface area contributed by atoms with Crippen molar-refractivity contribution in [2.75, 3.05) is 6.61 Å². The average Bonchev–Trinajstić information content (AvgIpc) is 2.81. The molecule has 2 rings (SSSR count). The van der Waals surface area contributed by atoms with E-state index >= 15 is 0 Å². The van der Waals surface area contributed by atoms with Gasteiger partial charge in [0.2, 0.25) is 0 Å². The number of aryl methyl sites for hydroxylation is 1. The lowest BCUT2D eigenvalue weighted by Crippen LogP contribution is -2.21. The van der Waals surface area contributed by atoms with Gasteiger partial charge in [0.25, 0.3) is 0 Å². The molecule has 1 aromatic heterocycles. The first kappa shape index (κ1) is 13.5. The third-order valence-electron chi connectivity index (χ3n) is 2.86. The molecule has 0 amide bonds. The molecule has 0 aromatic carbocycles. The highest BCUT2D eigenvalue weighted by atomic mass is 32.1. The number of ether oxygens (including phenoxy) is 2. The molecule has 5 heteroatoms. The maximum Gasteiger partial charge on any atom is 0.308 e. The van der Waals surface area contributed by atoms with Crippen LogP contribution in [0.5, 0.6) is 0 Å². The molecule has 0 aliphatic carbocycles. The fraction of sp³-hybridized carbons (Fsp3) is 0.615. The topological polar surface area (TPSA) is 55.8 Å². The Morgan fingerprint density at radius 2 is 2.39 bits per heavy atom. The van der Waals surface area contributed by atoms with Crippen molar-refractivity contribution in [2.45, 2.75) is 45.0 Å². The molecular formula is C13H18O4S. The Hall–Kier alpha value is -0.910. The van der Waals surface area contributed by atoms with Crippen molar-refractivity contribution in [3.8, 4) is 0 Å². The summed E-state index contributed by atoms with van der Waals surface area (Å²) in [6.45, 7) is 4.48. The highest BCUT2D eigenvalue weighted by Gasteiger charge is 2.32. The maximum atomic E-state index is 10.6. The molecule has 1 fully saturated rings. The fourth-order valence-electron chi connectivity index (χ4n) is 2.03. The molecule has 100 valence electrons. The highest BCUT2D eigenvalue weighted by molar-refractivity contribution is 7.10. The first-order chi connectivity index (χ1) is 8.44. The van der Waals surface area contributed by atoms with Gasteiger partial charge in [-0.25, -0.2) is 0 Å². The summed E-state index contributed by atoms with van der Waals surface area (Å²) < 4.78 is 11.2. The molecule has 1 aliphatic heterocycles. The van der Waals surface area contributed by atoms with Gasteiger partial charge in [-0.05, 0) is 43.7 Å². The van der Waals surface area contributed by atoms with Gasteiger partial charge in [-0.2, -0.15) is 0 Å². The van der Waals surface area contributed by atoms with Crippen LogP contribution in [0.3, 0.4) is 0 Å². The summed E-state index contributed by atoms with van der Waals surface area (Å²) in [5.74, 6) is -1.24. The number of rotatable bonds is 5. The lowest BCUT2D eigenvalue weighted by atomic mass is 10.1. The van der Waals surface area contributed by atoms with E-state index in [9.17, 15) is 4.79 Å². The second-order valence-electron chi connectivity index (χ2n) is 4.98. The van der Waals surface area contributed by atoms with Gasteiger partial charge in [0.1, 0.15) is 0 Å². The zero-order chi connectivity index (χ0) is 13.2. The second kappa shape index (κ2) is 5.38. The highest BCUT2D eigenvalue weighted by Crippen LogP contribution is 2.26. The van der Waals surface area contributed by atoms with E-state index in [-0.39, 0.29) is 12.5 Å². The largest absolute Gasteiger partial charge is 0.481 e. The van der Waals surface area contributed by atoms with Crippen LogP contribution in [-0.2, 0) is 27.1 Å². The molecule has 1 aromatic rings. The molecule has 0 spiro atoms. The molecule has 4 nitrogen and oxygen atoms in total. The molecule has 0 saturated carbocycles. The van der Waals surface area contributed by atoms with Gasteiger partial charge in [-0.3, -0.25) is 4.79 Å². The van der Waals surface area contributed by atoms with E-state index in [0.29, 0.717) is 6.61 Å². The zero-order valence-corrected chi connectivity index (χ0v) is 11.5. The molecule has 1 aliphatic rings. The Labute approximate surface area is 111 Å². The summed E-state index contributed by atoms with van der Waals surface area (Å²) in [6, 6.07) is 1.97. The summed E-state index contributed by atoms with van der Waals surface area (Å²) in [5, 5.41) is 10.7. The number of carboxylic acid groups (broad SMARTS) is 1. The average molecular weight is 270 g/mol. The van der Waals surface area contributed by atoms with Gasteiger partial charge in [0, 0.05) is 4.88 Å². The number of carboxylic acids is 1. The lowest BCUT2D eigenvalue weighted by Gasteiger charge is -2.16. The molecule has 0 radical (unpaired) electrons. The Bertz CT molecular complexity index is 424. The van der Waals surface area contributed by atoms with Gasteiger partial charge in [-0.15, -0.1) is 11.3 Å². The van der Waals surface area contributed by atoms with Gasteiger partial charge in [-0.1, -0.05) is 0 Å². The van der Waals surface area contributed by atoms with Crippen molar-refractivity contribution in [1.82, 2.24) is 0 Å². The number of carbonyl (C=O) groups is 1. The number of aliphatic carboxylic acids is 1. The van der Waals surface area contributed by atoms with Gasteiger partial charge >= 0.3 is 5.97 Å². The predicted octanol–water partition coefficient (Wildman–Crippen LogP) is 2.46. The fourth-order valence-corrected chi connectivity index (χ4v) is 2.95. The minimum Gasteiger partial charge on any atom is -0.481 e. The van der Waals surface area contributed by atoms with Crippen LogP contribution >= 0.6 is 11.3 Å². The van der Waals surface area contributed by atoms with Crippen LogP contribution in [0.4, 0.5) is 0 Å². The normalized spacial score (nSPS) is 22.2. The summed E-state index contributed by atoms with van der Waals surface area (Å²) >= 11 is 1.51. The first-order valence-electron chi connectivity index (χ1n) is 6.04. The van der Waals surface area contributed by atoms with E-state index in [1.54, 1.807) is 0 Å². The minimum atomic E-state index is -0.780. The SMILES string of the molecule is CC1(C)OC[C@H](CCc2csc(CC(=O)O)c2)O1. The maximum absolute atomic E-state index is 10.6. The van der Waals surface area contributed by atoms with Gasteiger partial charge in [0.15, 0.2) is 5.79 Å². The Morgan fingerprint density at radius 3 is 3.00 bits per heavy atom. The van der Waals surface area contributed by atoms with Crippen LogP contribution in [0.15, 0.2) is 11.4 Å². The van der Waals surface area contributed by atoms with Crippen molar-refractivity contribution in [3.63, 3.8) is 0 Å². The van der Waals surface area contributed by atoms with Crippen LogP contribution in [0.2, 0.25) is 0 Å². The molecule has 1 atom stereocenters. The number of thiophene rings is 1. The number of hydrogen-bond acceptors (Lipinski definition) is 4. The molecule has 1 saturated heterocycles. The molecule has 1 N–H and O–H groups in total. The Balaban J connectivity index is 1.80. The standard InChI is InChI=1S/C13H18O4S/c1-13(2)16-7-10(17-13)4-3-9-5-11(18-8-9)6-12(14)15/h5,8,10H,3-4,6-7H2,1-2H3,(H,14,15)/t10-/m0/s1. The van der Waals surface area contributed by atoms with E-state index in [1.165, 1.54) is 16.9 Å². The molecule has 0 bridgehead atoms. The van der Waals surface area contributed by atoms with Crippen LogP contribution in [0.25, 0.3) is 0 Å². The molecule has 18 heavy (non-hydrogen) atoms. The third kappa shape index (κ3) is 3.80. The minimum absolute atomic E-state index is 0.112. The van der Waals surface area contributed by atoms with Gasteiger partial charge < -0.3 is 14.6 Å². The van der Waals surface area contributed by atoms with Crippen molar-refractivity contribution in [2.24, 2.45) is 0 Å². The van der Waals surface area contributed by atoms with Crippen molar-refractivity contribution in [1.29, 1.82) is 0 Å². The quantitative estimate of drug-likeness (QED) is 0.893. The molecule has 0 unspecified atom stereocenters. The Morgan fingerprint density at radius 1 is 1.61 bits per heavy atom. The summed E-state index contributed by atoms with van der Waals surface area (Å²) in [5.41, 5.74) is 1.18. The van der Waals surface area contributed by atoms with E-state index < -0.39 is 11.8 Å². The van der Waals surface area contributed by atoms with Gasteiger partial charge in [0.05, 0.1) is 19.1 Å². The molecule has 2 heterocycles. The van der Waals surface area contributed by atoms with Crippen LogP contribution < -0.4 is 0 Å². The second-order valence-corrected chi connectivity index (χ2v) is 5.98. The summed E-state index contributed by atoms with van der Waals surface area (Å²) in [4.78, 5) is 11.5. The zero-order valence-electron chi connectivity index (χ0n) is 10.6. The van der Waals surface area contributed by atoms with Crippen molar-refractivity contribution in [3.05, 3.63) is 21.9 Å². The number of hydrogen-bond donors (Lipinski definition) is 1.